The van der Waals surface area contributed by atoms with Gasteiger partial charge >= 0.3 is 0 Å². The number of aliphatic hydroxyl groups is 1. The fraction of sp³-hybridized carbons (Fsp3) is 0.625. The highest BCUT2D eigenvalue weighted by Crippen LogP contribution is 2.28. The Bertz CT molecular complexity index is 445. The first-order chi connectivity index (χ1) is 10.1. The van der Waals surface area contributed by atoms with Gasteiger partial charge in [0.05, 0.1) is 6.10 Å². The number of ether oxygens (including phenoxy) is 1. The van der Waals surface area contributed by atoms with Crippen molar-refractivity contribution in [2.45, 2.75) is 57.8 Å². The van der Waals surface area contributed by atoms with E-state index < -0.39 is 23.8 Å². The highest BCUT2D eigenvalue weighted by molar-refractivity contribution is 5.31. The molecule has 118 valence electrons. The molecule has 1 aromatic carbocycles. The van der Waals surface area contributed by atoms with Crippen molar-refractivity contribution in [3.8, 4) is 5.75 Å². The minimum absolute atomic E-state index is 0.374. The highest BCUT2D eigenvalue weighted by atomic mass is 19.1. The molecule has 0 bridgehead atoms. The van der Waals surface area contributed by atoms with Gasteiger partial charge in [-0.15, -0.1) is 0 Å². The van der Waals surface area contributed by atoms with Crippen LogP contribution in [-0.4, -0.2) is 23.9 Å². The molecule has 1 aliphatic carbocycles. The quantitative estimate of drug-likeness (QED) is 0.821. The molecule has 0 spiro atoms. The smallest absolute Gasteiger partial charge is 0.191 e. The molecule has 1 aliphatic rings. The molecule has 2 N–H and O–H groups in total. The maximum absolute atomic E-state index is 14.0. The van der Waals surface area contributed by atoms with Crippen LogP contribution in [-0.2, 0) is 6.54 Å². The van der Waals surface area contributed by atoms with Crippen LogP contribution in [0.1, 0.15) is 44.6 Å². The standard InChI is InChI=1S/C16H23F2NO2/c1-2-19-10-11-8-12(17)16(13(18)9-11)21-15-7-5-3-4-6-14(15)20/h8-9,14-15,19-20H,2-7,10H2,1H3. The normalized spacial score (nSPS) is 22.9. The first kappa shape index (κ1) is 16.2. The Balaban J connectivity index is 2.11. The van der Waals surface area contributed by atoms with Crippen LogP contribution < -0.4 is 10.1 Å². The molecule has 0 amide bonds. The maximum atomic E-state index is 14.0. The summed E-state index contributed by atoms with van der Waals surface area (Å²) in [6.07, 6.45) is 2.90. The zero-order valence-electron chi connectivity index (χ0n) is 12.4. The highest BCUT2D eigenvalue weighted by Gasteiger charge is 2.26. The topological polar surface area (TPSA) is 41.5 Å². The number of benzene rings is 1. The lowest BCUT2D eigenvalue weighted by Crippen LogP contribution is -2.31. The van der Waals surface area contributed by atoms with Crippen molar-refractivity contribution < 1.29 is 18.6 Å². The number of hydrogen-bond acceptors (Lipinski definition) is 3. The first-order valence-electron chi connectivity index (χ1n) is 7.65. The van der Waals surface area contributed by atoms with E-state index in [1.807, 2.05) is 6.92 Å². The van der Waals surface area contributed by atoms with Crippen LogP contribution in [0.15, 0.2) is 12.1 Å². The maximum Gasteiger partial charge on any atom is 0.191 e. The van der Waals surface area contributed by atoms with E-state index in [9.17, 15) is 13.9 Å². The Morgan fingerprint density at radius 1 is 1.19 bits per heavy atom. The summed E-state index contributed by atoms with van der Waals surface area (Å²) in [5, 5.41) is 13.0. The van der Waals surface area contributed by atoms with Crippen LogP contribution in [0, 0.1) is 11.6 Å². The average molecular weight is 299 g/mol. The van der Waals surface area contributed by atoms with Gasteiger partial charge < -0.3 is 15.2 Å². The SMILES string of the molecule is CCNCc1cc(F)c(OC2CCCCCC2O)c(F)c1. The Morgan fingerprint density at radius 3 is 2.52 bits per heavy atom. The van der Waals surface area contributed by atoms with Crippen molar-refractivity contribution in [3.05, 3.63) is 29.3 Å². The fourth-order valence-electron chi connectivity index (χ4n) is 2.64. The fourth-order valence-corrected chi connectivity index (χ4v) is 2.64. The van der Waals surface area contributed by atoms with Crippen LogP contribution in [0.25, 0.3) is 0 Å². The van der Waals surface area contributed by atoms with Crippen molar-refractivity contribution in [1.82, 2.24) is 5.32 Å². The van der Waals surface area contributed by atoms with E-state index >= 15 is 0 Å². The third-order valence-electron chi connectivity index (χ3n) is 3.82. The van der Waals surface area contributed by atoms with Crippen molar-refractivity contribution in [1.29, 1.82) is 0 Å². The van der Waals surface area contributed by atoms with Gasteiger partial charge in [0, 0.05) is 6.54 Å². The average Bonchev–Trinajstić information content (AvgIpc) is 2.65. The molecule has 0 saturated heterocycles. The monoisotopic (exact) mass is 299 g/mol. The van der Waals surface area contributed by atoms with Crippen LogP contribution in [0.5, 0.6) is 5.75 Å². The molecule has 2 rings (SSSR count). The largest absolute Gasteiger partial charge is 0.482 e. The lowest BCUT2D eigenvalue weighted by Gasteiger charge is -2.22. The number of aliphatic hydroxyl groups excluding tert-OH is 1. The van der Waals surface area contributed by atoms with Gasteiger partial charge in [-0.2, -0.15) is 0 Å². The van der Waals surface area contributed by atoms with Crippen molar-refractivity contribution in [3.63, 3.8) is 0 Å². The molecule has 0 heterocycles. The van der Waals surface area contributed by atoms with Crippen molar-refractivity contribution in [2.75, 3.05) is 6.54 Å². The summed E-state index contributed by atoms with van der Waals surface area (Å²) in [5.74, 6) is -1.79. The van der Waals surface area contributed by atoms with Crippen LogP contribution in [0.2, 0.25) is 0 Å². The van der Waals surface area contributed by atoms with E-state index in [4.69, 9.17) is 4.74 Å². The third-order valence-corrected chi connectivity index (χ3v) is 3.82. The summed E-state index contributed by atoms with van der Waals surface area (Å²) < 4.78 is 33.5. The molecule has 0 radical (unpaired) electrons. The second-order valence-corrected chi connectivity index (χ2v) is 5.53. The number of nitrogens with one attached hydrogen (secondary N) is 1. The molecule has 1 aromatic rings. The van der Waals surface area contributed by atoms with Gasteiger partial charge in [-0.1, -0.05) is 19.8 Å². The van der Waals surface area contributed by atoms with Gasteiger partial charge in [0.2, 0.25) is 0 Å². The summed E-state index contributed by atoms with van der Waals surface area (Å²) in [7, 11) is 0. The molecule has 2 atom stereocenters. The van der Waals surface area contributed by atoms with Gasteiger partial charge in [0.25, 0.3) is 0 Å². The molecule has 5 heteroatoms. The Labute approximate surface area is 124 Å². The van der Waals surface area contributed by atoms with Gasteiger partial charge in [-0.3, -0.25) is 0 Å². The van der Waals surface area contributed by atoms with E-state index in [1.165, 1.54) is 12.1 Å². The molecule has 2 unspecified atom stereocenters. The van der Waals surface area contributed by atoms with E-state index in [0.29, 0.717) is 24.9 Å². The van der Waals surface area contributed by atoms with Crippen LogP contribution in [0.3, 0.4) is 0 Å². The Kier molecular flexibility index (Phi) is 5.94. The number of hydrogen-bond donors (Lipinski definition) is 2. The second-order valence-electron chi connectivity index (χ2n) is 5.53. The van der Waals surface area contributed by atoms with Gasteiger partial charge in [0.1, 0.15) is 6.10 Å². The van der Waals surface area contributed by atoms with E-state index in [1.54, 1.807) is 0 Å². The molecule has 3 nitrogen and oxygen atoms in total. The van der Waals surface area contributed by atoms with Crippen molar-refractivity contribution >= 4 is 0 Å². The van der Waals surface area contributed by atoms with Crippen molar-refractivity contribution in [2.24, 2.45) is 0 Å². The Morgan fingerprint density at radius 2 is 1.86 bits per heavy atom. The summed E-state index contributed by atoms with van der Waals surface area (Å²) in [6, 6.07) is 2.56. The Hall–Kier alpha value is -1.20. The summed E-state index contributed by atoms with van der Waals surface area (Å²) in [4.78, 5) is 0. The van der Waals surface area contributed by atoms with E-state index in [2.05, 4.69) is 5.32 Å². The van der Waals surface area contributed by atoms with E-state index in [0.717, 1.165) is 25.8 Å². The second kappa shape index (κ2) is 7.71. The number of halogens is 2. The summed E-state index contributed by atoms with van der Waals surface area (Å²) >= 11 is 0. The lowest BCUT2D eigenvalue weighted by molar-refractivity contribution is 0.0274. The molecule has 0 aliphatic heterocycles. The molecular weight excluding hydrogens is 276 g/mol. The zero-order chi connectivity index (χ0) is 15.2. The third kappa shape index (κ3) is 4.38. The van der Waals surface area contributed by atoms with Gasteiger partial charge in [0.15, 0.2) is 17.4 Å². The van der Waals surface area contributed by atoms with Gasteiger partial charge in [-0.25, -0.2) is 8.78 Å². The molecule has 1 fully saturated rings. The summed E-state index contributed by atoms with van der Waals surface area (Å²) in [5.41, 5.74) is 0.542. The first-order valence-corrected chi connectivity index (χ1v) is 7.65. The molecule has 21 heavy (non-hydrogen) atoms. The predicted molar refractivity (Wildman–Crippen MR) is 77.2 cm³/mol. The minimum Gasteiger partial charge on any atom is -0.482 e. The minimum atomic E-state index is -0.709. The molecular formula is C16H23F2NO2. The molecule has 0 aromatic heterocycles. The molecule has 1 saturated carbocycles. The van der Waals surface area contributed by atoms with Crippen LogP contribution in [0.4, 0.5) is 8.78 Å². The van der Waals surface area contributed by atoms with E-state index in [-0.39, 0.29) is 5.75 Å². The van der Waals surface area contributed by atoms with Crippen LogP contribution >= 0.6 is 0 Å². The van der Waals surface area contributed by atoms with Gasteiger partial charge in [-0.05, 0) is 43.5 Å². The predicted octanol–water partition coefficient (Wildman–Crippen LogP) is 3.15. The summed E-state index contributed by atoms with van der Waals surface area (Å²) in [6.45, 7) is 3.07. The lowest BCUT2D eigenvalue weighted by atomic mass is 10.1. The number of rotatable bonds is 5. The zero-order valence-corrected chi connectivity index (χ0v) is 12.4.